The van der Waals surface area contributed by atoms with Crippen molar-refractivity contribution in [3.8, 4) is 0 Å². The quantitative estimate of drug-likeness (QED) is 0.839. The Hall–Kier alpha value is -0.650. The number of nitrogens with one attached hydrogen (secondary N) is 1. The summed E-state index contributed by atoms with van der Waals surface area (Å²) in [6.45, 7) is 7.33. The number of thiazole rings is 1. The van der Waals surface area contributed by atoms with Crippen molar-refractivity contribution in [3.63, 3.8) is 0 Å². The summed E-state index contributed by atoms with van der Waals surface area (Å²) in [6.07, 6.45) is 5.44. The van der Waals surface area contributed by atoms with Crippen LogP contribution in [0.2, 0.25) is 0 Å². The minimum Gasteiger partial charge on any atom is -0.376 e. The molecule has 0 bridgehead atoms. The van der Waals surface area contributed by atoms with Gasteiger partial charge in [0, 0.05) is 37.7 Å². The standard InChI is InChI=1S/C16H27N3OS/c1-11(2)15-14(9-17-12-6-7-12)21-16(18-15)19(3)10-13-5-4-8-20-13/h11-13,17H,4-10H2,1-3H3. The molecule has 1 aromatic heterocycles. The molecule has 1 aliphatic heterocycles. The topological polar surface area (TPSA) is 37.4 Å². The summed E-state index contributed by atoms with van der Waals surface area (Å²) in [5, 5.41) is 4.76. The highest BCUT2D eigenvalue weighted by molar-refractivity contribution is 7.15. The van der Waals surface area contributed by atoms with Gasteiger partial charge in [-0.3, -0.25) is 0 Å². The largest absolute Gasteiger partial charge is 0.376 e. The Labute approximate surface area is 131 Å². The van der Waals surface area contributed by atoms with Crippen molar-refractivity contribution in [1.29, 1.82) is 0 Å². The number of hydrogen-bond acceptors (Lipinski definition) is 5. The lowest BCUT2D eigenvalue weighted by Gasteiger charge is -2.19. The monoisotopic (exact) mass is 309 g/mol. The maximum absolute atomic E-state index is 5.74. The fraction of sp³-hybridized carbons (Fsp3) is 0.812. The molecule has 1 unspecified atom stereocenters. The zero-order valence-corrected chi connectivity index (χ0v) is 14.2. The van der Waals surface area contributed by atoms with Crippen LogP contribution in [0.4, 0.5) is 5.13 Å². The molecule has 0 radical (unpaired) electrons. The van der Waals surface area contributed by atoms with Gasteiger partial charge in [-0.05, 0) is 31.6 Å². The molecule has 2 aliphatic rings. The molecule has 1 aliphatic carbocycles. The van der Waals surface area contributed by atoms with Crippen molar-refractivity contribution in [2.45, 2.75) is 64.1 Å². The summed E-state index contributed by atoms with van der Waals surface area (Å²) in [6, 6.07) is 0.750. The van der Waals surface area contributed by atoms with Crippen LogP contribution >= 0.6 is 11.3 Å². The summed E-state index contributed by atoms with van der Waals surface area (Å²) in [5.74, 6) is 0.488. The van der Waals surface area contributed by atoms with Crippen LogP contribution in [0.5, 0.6) is 0 Å². The Bertz CT molecular complexity index is 464. The van der Waals surface area contributed by atoms with Crippen LogP contribution < -0.4 is 10.2 Å². The lowest BCUT2D eigenvalue weighted by Crippen LogP contribution is -2.28. The summed E-state index contributed by atoms with van der Waals surface area (Å²) in [4.78, 5) is 8.58. The second-order valence-corrected chi connectivity index (χ2v) is 7.69. The molecule has 1 saturated heterocycles. The van der Waals surface area contributed by atoms with E-state index in [1.165, 1.54) is 36.3 Å². The third-order valence-electron chi connectivity index (χ3n) is 4.22. The molecule has 2 heterocycles. The van der Waals surface area contributed by atoms with Gasteiger partial charge in [-0.2, -0.15) is 0 Å². The van der Waals surface area contributed by atoms with Crippen molar-refractivity contribution in [3.05, 3.63) is 10.6 Å². The van der Waals surface area contributed by atoms with E-state index in [0.717, 1.165) is 30.9 Å². The van der Waals surface area contributed by atoms with E-state index in [4.69, 9.17) is 9.72 Å². The summed E-state index contributed by atoms with van der Waals surface area (Å²) in [7, 11) is 2.14. The van der Waals surface area contributed by atoms with E-state index < -0.39 is 0 Å². The molecule has 2 fully saturated rings. The van der Waals surface area contributed by atoms with Gasteiger partial charge < -0.3 is 15.0 Å². The molecule has 3 rings (SSSR count). The van der Waals surface area contributed by atoms with E-state index in [2.05, 4.69) is 31.1 Å². The average molecular weight is 309 g/mol. The summed E-state index contributed by atoms with van der Waals surface area (Å²) < 4.78 is 5.74. The highest BCUT2D eigenvalue weighted by Crippen LogP contribution is 2.31. The molecule has 0 amide bonds. The van der Waals surface area contributed by atoms with Gasteiger partial charge in [0.25, 0.3) is 0 Å². The smallest absolute Gasteiger partial charge is 0.185 e. The molecular weight excluding hydrogens is 282 g/mol. The molecule has 1 saturated carbocycles. The Morgan fingerprint density at radius 3 is 2.81 bits per heavy atom. The van der Waals surface area contributed by atoms with Crippen molar-refractivity contribution in [1.82, 2.24) is 10.3 Å². The van der Waals surface area contributed by atoms with E-state index in [1.54, 1.807) is 0 Å². The van der Waals surface area contributed by atoms with Crippen LogP contribution in [-0.4, -0.2) is 37.3 Å². The maximum Gasteiger partial charge on any atom is 0.185 e. The average Bonchev–Trinajstić information content (AvgIpc) is 2.97. The van der Waals surface area contributed by atoms with Crippen molar-refractivity contribution < 1.29 is 4.74 Å². The predicted molar refractivity (Wildman–Crippen MR) is 88.3 cm³/mol. The van der Waals surface area contributed by atoms with Crippen LogP contribution in [0.3, 0.4) is 0 Å². The minimum atomic E-state index is 0.384. The van der Waals surface area contributed by atoms with Gasteiger partial charge in [-0.1, -0.05) is 13.8 Å². The van der Waals surface area contributed by atoms with Crippen LogP contribution in [0.1, 0.15) is 56.0 Å². The van der Waals surface area contributed by atoms with Crippen LogP contribution in [0.25, 0.3) is 0 Å². The van der Waals surface area contributed by atoms with Gasteiger partial charge in [0.15, 0.2) is 5.13 Å². The first-order valence-corrected chi connectivity index (χ1v) is 9.01. The highest BCUT2D eigenvalue weighted by atomic mass is 32.1. The summed E-state index contributed by atoms with van der Waals surface area (Å²) >= 11 is 1.85. The van der Waals surface area contributed by atoms with Gasteiger partial charge in [-0.25, -0.2) is 4.98 Å². The van der Waals surface area contributed by atoms with E-state index in [0.29, 0.717) is 12.0 Å². The fourth-order valence-corrected chi connectivity index (χ4v) is 3.92. The zero-order valence-electron chi connectivity index (χ0n) is 13.4. The van der Waals surface area contributed by atoms with Crippen LogP contribution in [-0.2, 0) is 11.3 Å². The SMILES string of the molecule is CC(C)c1nc(N(C)CC2CCCO2)sc1CNC1CC1. The first kappa shape index (κ1) is 15.3. The van der Waals surface area contributed by atoms with Crippen LogP contribution in [0, 0.1) is 0 Å². The Kier molecular flexibility index (Phi) is 4.82. The van der Waals surface area contributed by atoms with Crippen molar-refractivity contribution in [2.75, 3.05) is 25.1 Å². The first-order valence-electron chi connectivity index (χ1n) is 8.19. The number of anilines is 1. The highest BCUT2D eigenvalue weighted by Gasteiger charge is 2.24. The first-order chi connectivity index (χ1) is 10.1. The normalized spacial score (nSPS) is 22.2. The Morgan fingerprint density at radius 2 is 2.19 bits per heavy atom. The van der Waals surface area contributed by atoms with Gasteiger partial charge in [0.1, 0.15) is 0 Å². The number of nitrogens with zero attached hydrogens (tertiary/aromatic N) is 2. The lowest BCUT2D eigenvalue weighted by molar-refractivity contribution is 0.116. The molecule has 0 aromatic carbocycles. The van der Waals surface area contributed by atoms with E-state index in [1.807, 2.05) is 11.3 Å². The molecular formula is C16H27N3OS. The third kappa shape index (κ3) is 3.96. The third-order valence-corrected chi connectivity index (χ3v) is 5.41. The maximum atomic E-state index is 5.74. The van der Waals surface area contributed by atoms with E-state index >= 15 is 0 Å². The number of aromatic nitrogens is 1. The number of likely N-dealkylation sites (N-methyl/N-ethyl adjacent to an activating group) is 1. The molecule has 21 heavy (non-hydrogen) atoms. The lowest BCUT2D eigenvalue weighted by atomic mass is 10.1. The molecule has 1 N–H and O–H groups in total. The Balaban J connectivity index is 1.66. The molecule has 1 atom stereocenters. The second-order valence-electron chi connectivity index (χ2n) is 6.63. The number of hydrogen-bond donors (Lipinski definition) is 1. The zero-order chi connectivity index (χ0) is 14.8. The summed E-state index contributed by atoms with van der Waals surface area (Å²) in [5.41, 5.74) is 1.27. The fourth-order valence-electron chi connectivity index (χ4n) is 2.79. The van der Waals surface area contributed by atoms with Gasteiger partial charge in [0.05, 0.1) is 11.8 Å². The molecule has 5 heteroatoms. The minimum absolute atomic E-state index is 0.384. The van der Waals surface area contributed by atoms with Crippen LogP contribution in [0.15, 0.2) is 0 Å². The van der Waals surface area contributed by atoms with E-state index in [-0.39, 0.29) is 0 Å². The second kappa shape index (κ2) is 6.63. The number of rotatable bonds is 7. The Morgan fingerprint density at radius 1 is 1.38 bits per heavy atom. The van der Waals surface area contributed by atoms with E-state index in [9.17, 15) is 0 Å². The van der Waals surface area contributed by atoms with Crippen molar-refractivity contribution in [2.24, 2.45) is 0 Å². The molecule has 1 aromatic rings. The van der Waals surface area contributed by atoms with Gasteiger partial charge >= 0.3 is 0 Å². The number of ether oxygens (including phenoxy) is 1. The predicted octanol–water partition coefficient (Wildman–Crippen LogP) is 3.13. The van der Waals surface area contributed by atoms with Gasteiger partial charge in [-0.15, -0.1) is 11.3 Å². The molecule has 4 nitrogen and oxygen atoms in total. The molecule has 0 spiro atoms. The van der Waals surface area contributed by atoms with Crippen molar-refractivity contribution >= 4 is 16.5 Å². The molecule has 118 valence electrons. The van der Waals surface area contributed by atoms with Gasteiger partial charge in [0.2, 0.25) is 0 Å².